The zero-order chi connectivity index (χ0) is 17.9. The fourth-order valence-corrected chi connectivity index (χ4v) is 6.90. The lowest BCUT2D eigenvalue weighted by molar-refractivity contribution is -0.147. The standard InChI is InChI=1S/C20H30O4S2/c21-19(23-11-13-5-7-15-17(9-13)25-15)3-1-2-4-20(22)24-12-14-6-8-16-18(10-14)26-16/h13-18H,1-12H2/t13-,14?,15?,16?,17?,18?/m1/s1. The summed E-state index contributed by atoms with van der Waals surface area (Å²) in [5.41, 5.74) is 0. The van der Waals surface area contributed by atoms with E-state index in [1.807, 2.05) is 0 Å². The van der Waals surface area contributed by atoms with Crippen LogP contribution in [0.5, 0.6) is 0 Å². The van der Waals surface area contributed by atoms with Crippen LogP contribution in [0.2, 0.25) is 0 Å². The number of carbonyl (C=O) groups excluding carboxylic acids is 2. The molecule has 26 heavy (non-hydrogen) atoms. The Balaban J connectivity index is 0.992. The van der Waals surface area contributed by atoms with Gasteiger partial charge >= 0.3 is 11.9 Å². The van der Waals surface area contributed by atoms with Gasteiger partial charge in [0.25, 0.3) is 0 Å². The Bertz CT molecular complexity index is 480. The van der Waals surface area contributed by atoms with Gasteiger partial charge in [0.1, 0.15) is 0 Å². The van der Waals surface area contributed by atoms with Crippen LogP contribution in [-0.2, 0) is 19.1 Å². The Morgan fingerprint density at radius 1 is 0.692 bits per heavy atom. The van der Waals surface area contributed by atoms with E-state index in [9.17, 15) is 9.59 Å². The number of esters is 2. The molecule has 0 spiro atoms. The molecule has 2 aliphatic carbocycles. The summed E-state index contributed by atoms with van der Waals surface area (Å²) in [6, 6.07) is 0. The predicted octanol–water partition coefficient (Wildman–Crippen LogP) is 4.20. The van der Waals surface area contributed by atoms with Crippen LogP contribution in [0.25, 0.3) is 0 Å². The van der Waals surface area contributed by atoms with Gasteiger partial charge in [-0.3, -0.25) is 9.59 Å². The molecule has 146 valence electrons. The minimum absolute atomic E-state index is 0.109. The number of rotatable bonds is 9. The molecular formula is C20H30O4S2. The van der Waals surface area contributed by atoms with Crippen LogP contribution >= 0.6 is 23.5 Å². The molecule has 6 heteroatoms. The summed E-state index contributed by atoms with van der Waals surface area (Å²) in [6.07, 6.45) is 9.69. The van der Waals surface area contributed by atoms with Gasteiger partial charge in [-0.2, -0.15) is 23.5 Å². The molecule has 6 atom stereocenters. The molecule has 4 nitrogen and oxygen atoms in total. The van der Waals surface area contributed by atoms with E-state index in [0.29, 0.717) is 50.7 Å². The fourth-order valence-electron chi connectivity index (χ4n) is 4.38. The van der Waals surface area contributed by atoms with Crippen molar-refractivity contribution in [3.8, 4) is 0 Å². The second kappa shape index (κ2) is 8.76. The van der Waals surface area contributed by atoms with Gasteiger partial charge in [0, 0.05) is 33.8 Å². The Hall–Kier alpha value is -0.360. The SMILES string of the molecule is O=C(CCCCC(=O)OC[C@@H]1CCC2SC2C1)OCC1CCC2SC2C1. The molecule has 4 aliphatic rings. The Morgan fingerprint density at radius 2 is 1.15 bits per heavy atom. The van der Waals surface area contributed by atoms with Crippen LogP contribution in [-0.4, -0.2) is 46.2 Å². The number of hydrogen-bond acceptors (Lipinski definition) is 6. The van der Waals surface area contributed by atoms with Crippen LogP contribution in [0, 0.1) is 11.8 Å². The lowest BCUT2D eigenvalue weighted by Gasteiger charge is -2.20. The lowest BCUT2D eigenvalue weighted by atomic mass is 9.90. The minimum Gasteiger partial charge on any atom is -0.465 e. The van der Waals surface area contributed by atoms with E-state index in [1.165, 1.54) is 38.5 Å². The molecule has 2 heterocycles. The first-order valence-electron chi connectivity index (χ1n) is 10.3. The van der Waals surface area contributed by atoms with Gasteiger partial charge < -0.3 is 9.47 Å². The second-order valence-electron chi connectivity index (χ2n) is 8.36. The summed E-state index contributed by atoms with van der Waals surface area (Å²) < 4.78 is 10.9. The van der Waals surface area contributed by atoms with Crippen LogP contribution in [0.4, 0.5) is 0 Å². The first kappa shape index (κ1) is 19.0. The molecule has 0 aromatic rings. The van der Waals surface area contributed by atoms with Crippen LogP contribution in [0.1, 0.15) is 64.2 Å². The molecule has 5 unspecified atom stereocenters. The van der Waals surface area contributed by atoms with E-state index in [2.05, 4.69) is 23.5 Å². The van der Waals surface area contributed by atoms with Crippen LogP contribution in [0.15, 0.2) is 0 Å². The topological polar surface area (TPSA) is 52.6 Å². The number of ether oxygens (including phenoxy) is 2. The summed E-state index contributed by atoms with van der Waals surface area (Å²) in [5, 5.41) is 3.50. The molecule has 0 aromatic carbocycles. The van der Waals surface area contributed by atoms with E-state index in [4.69, 9.17) is 9.47 Å². The maximum atomic E-state index is 11.8. The molecule has 4 fully saturated rings. The van der Waals surface area contributed by atoms with Gasteiger partial charge in [0.05, 0.1) is 13.2 Å². The summed E-state index contributed by atoms with van der Waals surface area (Å²) in [4.78, 5) is 23.7. The van der Waals surface area contributed by atoms with Crippen LogP contribution in [0.3, 0.4) is 0 Å². The van der Waals surface area contributed by atoms with Gasteiger partial charge in [-0.15, -0.1) is 0 Å². The molecule has 2 aliphatic heterocycles. The number of carbonyl (C=O) groups is 2. The highest BCUT2D eigenvalue weighted by atomic mass is 32.2. The Labute approximate surface area is 164 Å². The third-order valence-corrected chi connectivity index (χ3v) is 9.14. The van der Waals surface area contributed by atoms with Gasteiger partial charge in [-0.1, -0.05) is 0 Å². The number of unbranched alkanes of at least 4 members (excludes halogenated alkanes) is 1. The predicted molar refractivity (Wildman–Crippen MR) is 105 cm³/mol. The Morgan fingerprint density at radius 3 is 1.58 bits per heavy atom. The molecule has 2 saturated heterocycles. The second-order valence-corrected chi connectivity index (χ2v) is 11.3. The van der Waals surface area contributed by atoms with Crippen molar-refractivity contribution >= 4 is 35.5 Å². The van der Waals surface area contributed by atoms with E-state index in [0.717, 1.165) is 21.0 Å². The molecule has 0 aromatic heterocycles. The van der Waals surface area contributed by atoms with E-state index in [1.54, 1.807) is 0 Å². The maximum Gasteiger partial charge on any atom is 0.305 e. The van der Waals surface area contributed by atoms with Gasteiger partial charge in [-0.25, -0.2) is 0 Å². The average molecular weight is 399 g/mol. The van der Waals surface area contributed by atoms with Gasteiger partial charge in [0.15, 0.2) is 0 Å². The monoisotopic (exact) mass is 398 g/mol. The first-order valence-corrected chi connectivity index (χ1v) is 12.2. The molecule has 2 saturated carbocycles. The van der Waals surface area contributed by atoms with Crippen LogP contribution < -0.4 is 0 Å². The lowest BCUT2D eigenvalue weighted by Crippen LogP contribution is -2.20. The van der Waals surface area contributed by atoms with E-state index >= 15 is 0 Å². The molecule has 4 rings (SSSR count). The highest BCUT2D eigenvalue weighted by molar-refractivity contribution is 8.07. The van der Waals surface area contributed by atoms with Crippen molar-refractivity contribution in [3.63, 3.8) is 0 Å². The highest BCUT2D eigenvalue weighted by Gasteiger charge is 2.44. The molecule has 0 bridgehead atoms. The summed E-state index contributed by atoms with van der Waals surface area (Å²) in [6.45, 7) is 1.18. The smallest absolute Gasteiger partial charge is 0.305 e. The van der Waals surface area contributed by atoms with Gasteiger partial charge in [-0.05, 0) is 63.2 Å². The number of thioether (sulfide) groups is 2. The minimum atomic E-state index is -0.109. The number of hydrogen-bond donors (Lipinski definition) is 0. The van der Waals surface area contributed by atoms with Crippen molar-refractivity contribution in [2.75, 3.05) is 13.2 Å². The fraction of sp³-hybridized carbons (Fsp3) is 0.900. The normalized spacial score (nSPS) is 37.2. The Kier molecular flexibility index (Phi) is 6.40. The summed E-state index contributed by atoms with van der Waals surface area (Å²) in [7, 11) is 0. The zero-order valence-electron chi connectivity index (χ0n) is 15.4. The summed E-state index contributed by atoms with van der Waals surface area (Å²) in [5.74, 6) is 0.911. The molecular weight excluding hydrogens is 368 g/mol. The quantitative estimate of drug-likeness (QED) is 0.330. The van der Waals surface area contributed by atoms with E-state index < -0.39 is 0 Å². The first-order chi connectivity index (χ1) is 12.7. The number of fused-ring (bicyclic) bond motifs is 2. The third kappa shape index (κ3) is 5.57. The van der Waals surface area contributed by atoms with Crippen molar-refractivity contribution < 1.29 is 19.1 Å². The van der Waals surface area contributed by atoms with E-state index in [-0.39, 0.29) is 11.9 Å². The zero-order valence-corrected chi connectivity index (χ0v) is 17.0. The van der Waals surface area contributed by atoms with Crippen molar-refractivity contribution in [1.29, 1.82) is 0 Å². The van der Waals surface area contributed by atoms with Crippen molar-refractivity contribution in [3.05, 3.63) is 0 Å². The van der Waals surface area contributed by atoms with Crippen molar-refractivity contribution in [2.24, 2.45) is 11.8 Å². The van der Waals surface area contributed by atoms with Gasteiger partial charge in [0.2, 0.25) is 0 Å². The average Bonchev–Trinajstić information content (AvgIpc) is 3.55. The third-order valence-electron chi connectivity index (χ3n) is 6.20. The van der Waals surface area contributed by atoms with Crippen molar-refractivity contribution in [1.82, 2.24) is 0 Å². The highest BCUT2D eigenvalue weighted by Crippen LogP contribution is 2.53. The molecule has 0 N–H and O–H groups in total. The molecule has 0 amide bonds. The molecule has 0 radical (unpaired) electrons. The maximum absolute atomic E-state index is 11.8. The largest absolute Gasteiger partial charge is 0.465 e. The summed E-state index contributed by atoms with van der Waals surface area (Å²) >= 11 is 4.17. The van der Waals surface area contributed by atoms with Crippen molar-refractivity contribution in [2.45, 2.75) is 85.2 Å².